The lowest BCUT2D eigenvalue weighted by Crippen LogP contribution is -2.20. The lowest BCUT2D eigenvalue weighted by Gasteiger charge is -2.12. The number of aromatic nitrogens is 4. The number of hydrogen-bond donors (Lipinski definition) is 1. The van der Waals surface area contributed by atoms with Crippen LogP contribution in [-0.4, -0.2) is 19.6 Å². The van der Waals surface area contributed by atoms with Crippen LogP contribution in [0.5, 0.6) is 0 Å². The van der Waals surface area contributed by atoms with E-state index in [-0.39, 0.29) is 11.9 Å². The molecule has 0 radical (unpaired) electrons. The van der Waals surface area contributed by atoms with Crippen molar-refractivity contribution in [3.8, 4) is 0 Å². The Morgan fingerprint density at radius 3 is 2.95 bits per heavy atom. The summed E-state index contributed by atoms with van der Waals surface area (Å²) in [6, 6.07) is 8.85. The number of pyridine rings is 2. The average Bonchev–Trinajstić information content (AvgIpc) is 2.89. The van der Waals surface area contributed by atoms with Gasteiger partial charge in [0.15, 0.2) is 11.5 Å². The van der Waals surface area contributed by atoms with Gasteiger partial charge in [-0.2, -0.15) is 0 Å². The van der Waals surface area contributed by atoms with E-state index in [0.717, 1.165) is 17.2 Å². The summed E-state index contributed by atoms with van der Waals surface area (Å²) in [6.07, 6.45) is 3.15. The molecule has 0 amide bonds. The molecule has 3 rings (SSSR count). The average molecular weight is 271 g/mol. The highest BCUT2D eigenvalue weighted by Gasteiger charge is 2.09. The summed E-state index contributed by atoms with van der Waals surface area (Å²) in [5.41, 5.74) is 1.61. The van der Waals surface area contributed by atoms with E-state index in [1.165, 1.54) is 12.3 Å². The van der Waals surface area contributed by atoms with Gasteiger partial charge in [0.25, 0.3) is 0 Å². The first-order valence-electron chi connectivity index (χ1n) is 6.37. The highest BCUT2D eigenvalue weighted by atomic mass is 19.1. The third-order valence-electron chi connectivity index (χ3n) is 3.14. The van der Waals surface area contributed by atoms with Gasteiger partial charge in [0.05, 0.1) is 18.4 Å². The molecule has 102 valence electrons. The Hall–Kier alpha value is -2.34. The monoisotopic (exact) mass is 271 g/mol. The van der Waals surface area contributed by atoms with Crippen molar-refractivity contribution >= 4 is 5.65 Å². The molecule has 3 aromatic rings. The van der Waals surface area contributed by atoms with E-state index in [0.29, 0.717) is 6.54 Å². The summed E-state index contributed by atoms with van der Waals surface area (Å²) in [5.74, 6) is 0.499. The molecule has 0 aliphatic rings. The van der Waals surface area contributed by atoms with Crippen molar-refractivity contribution in [3.05, 3.63) is 60.1 Å². The predicted octanol–water partition coefficient (Wildman–Crippen LogP) is 2.11. The van der Waals surface area contributed by atoms with Gasteiger partial charge in [0, 0.05) is 12.2 Å². The Balaban J connectivity index is 1.71. The topological polar surface area (TPSA) is 55.1 Å². The molecule has 0 aliphatic carbocycles. The van der Waals surface area contributed by atoms with Crippen LogP contribution in [0, 0.1) is 5.82 Å². The first-order chi connectivity index (χ1) is 9.74. The highest BCUT2D eigenvalue weighted by Crippen LogP contribution is 2.10. The van der Waals surface area contributed by atoms with Crippen molar-refractivity contribution in [1.29, 1.82) is 0 Å². The van der Waals surface area contributed by atoms with E-state index < -0.39 is 0 Å². The number of fused-ring (bicyclic) bond motifs is 1. The molecule has 3 heterocycles. The van der Waals surface area contributed by atoms with Crippen LogP contribution in [0.2, 0.25) is 0 Å². The van der Waals surface area contributed by atoms with E-state index in [1.807, 2.05) is 35.7 Å². The normalized spacial score (nSPS) is 12.7. The third kappa shape index (κ3) is 2.50. The largest absolute Gasteiger partial charge is 0.302 e. The van der Waals surface area contributed by atoms with Gasteiger partial charge in [-0.05, 0) is 31.2 Å². The molecular weight excluding hydrogens is 257 g/mol. The fraction of sp³-hybridized carbons (Fsp3) is 0.214. The third-order valence-corrected chi connectivity index (χ3v) is 3.14. The fourth-order valence-corrected chi connectivity index (χ4v) is 2.00. The predicted molar refractivity (Wildman–Crippen MR) is 72.4 cm³/mol. The van der Waals surface area contributed by atoms with Crippen molar-refractivity contribution in [2.75, 3.05) is 0 Å². The maximum atomic E-state index is 12.8. The molecular formula is C14H14FN5. The summed E-state index contributed by atoms with van der Waals surface area (Å²) >= 11 is 0. The van der Waals surface area contributed by atoms with E-state index in [4.69, 9.17) is 0 Å². The van der Waals surface area contributed by atoms with Crippen LogP contribution < -0.4 is 5.32 Å². The highest BCUT2D eigenvalue weighted by molar-refractivity contribution is 5.36. The van der Waals surface area contributed by atoms with E-state index in [9.17, 15) is 4.39 Å². The molecule has 3 aromatic heterocycles. The molecule has 1 N–H and O–H groups in total. The van der Waals surface area contributed by atoms with Gasteiger partial charge in [0.1, 0.15) is 5.82 Å². The zero-order chi connectivity index (χ0) is 13.9. The van der Waals surface area contributed by atoms with Crippen molar-refractivity contribution in [2.45, 2.75) is 19.5 Å². The summed E-state index contributed by atoms with van der Waals surface area (Å²) in [5, 5.41) is 11.5. The quantitative estimate of drug-likeness (QED) is 0.789. The molecule has 0 fully saturated rings. The number of nitrogens with one attached hydrogen (secondary N) is 1. The van der Waals surface area contributed by atoms with Crippen LogP contribution in [0.25, 0.3) is 5.65 Å². The minimum atomic E-state index is -0.329. The van der Waals surface area contributed by atoms with Crippen LogP contribution in [0.1, 0.15) is 24.5 Å². The Morgan fingerprint density at radius 1 is 1.25 bits per heavy atom. The number of nitrogens with zero attached hydrogens (tertiary/aromatic N) is 4. The van der Waals surface area contributed by atoms with Crippen LogP contribution in [0.4, 0.5) is 4.39 Å². The molecule has 5 nitrogen and oxygen atoms in total. The molecule has 6 heteroatoms. The molecule has 0 saturated heterocycles. The van der Waals surface area contributed by atoms with Crippen molar-refractivity contribution in [2.24, 2.45) is 0 Å². The minimum Gasteiger partial charge on any atom is -0.302 e. The zero-order valence-electron chi connectivity index (χ0n) is 11.0. The van der Waals surface area contributed by atoms with Gasteiger partial charge < -0.3 is 5.32 Å². The fourth-order valence-electron chi connectivity index (χ4n) is 2.00. The van der Waals surface area contributed by atoms with Gasteiger partial charge in [0.2, 0.25) is 0 Å². The van der Waals surface area contributed by atoms with Gasteiger partial charge in [-0.15, -0.1) is 10.2 Å². The van der Waals surface area contributed by atoms with Crippen LogP contribution >= 0.6 is 0 Å². The second-order valence-corrected chi connectivity index (χ2v) is 4.55. The molecule has 0 aromatic carbocycles. The van der Waals surface area contributed by atoms with Crippen LogP contribution in [0.3, 0.4) is 0 Å². The SMILES string of the molecule is CC(NCc1nnc2ccccn12)c1ccc(F)cn1. The first kappa shape index (κ1) is 12.7. The van der Waals surface area contributed by atoms with E-state index in [1.54, 1.807) is 6.07 Å². The van der Waals surface area contributed by atoms with Crippen molar-refractivity contribution in [1.82, 2.24) is 24.9 Å². The maximum Gasteiger partial charge on any atom is 0.160 e. The zero-order valence-corrected chi connectivity index (χ0v) is 11.0. The smallest absolute Gasteiger partial charge is 0.160 e. The molecule has 20 heavy (non-hydrogen) atoms. The van der Waals surface area contributed by atoms with Crippen LogP contribution in [0.15, 0.2) is 42.7 Å². The molecule has 1 unspecified atom stereocenters. The van der Waals surface area contributed by atoms with Crippen LogP contribution in [-0.2, 0) is 6.54 Å². The Morgan fingerprint density at radius 2 is 2.15 bits per heavy atom. The lowest BCUT2D eigenvalue weighted by atomic mass is 10.2. The summed E-state index contributed by atoms with van der Waals surface area (Å²) < 4.78 is 14.8. The molecule has 0 bridgehead atoms. The van der Waals surface area contributed by atoms with E-state index >= 15 is 0 Å². The molecule has 0 aliphatic heterocycles. The Kier molecular flexibility index (Phi) is 3.39. The van der Waals surface area contributed by atoms with Crippen molar-refractivity contribution < 1.29 is 4.39 Å². The second-order valence-electron chi connectivity index (χ2n) is 4.55. The molecule has 1 atom stereocenters. The van der Waals surface area contributed by atoms with Gasteiger partial charge in [-0.25, -0.2) is 4.39 Å². The summed E-state index contributed by atoms with van der Waals surface area (Å²) in [4.78, 5) is 4.06. The second kappa shape index (κ2) is 5.34. The Bertz CT molecular complexity index is 707. The van der Waals surface area contributed by atoms with Gasteiger partial charge in [-0.1, -0.05) is 6.07 Å². The van der Waals surface area contributed by atoms with Gasteiger partial charge in [-0.3, -0.25) is 9.38 Å². The number of halogens is 1. The molecule has 0 spiro atoms. The minimum absolute atomic E-state index is 0.00617. The summed E-state index contributed by atoms with van der Waals surface area (Å²) in [6.45, 7) is 2.54. The summed E-state index contributed by atoms with van der Waals surface area (Å²) in [7, 11) is 0. The standard InChI is InChI=1S/C14H14FN5/c1-10(12-6-5-11(15)8-17-12)16-9-14-19-18-13-4-2-3-7-20(13)14/h2-8,10,16H,9H2,1H3. The number of hydrogen-bond acceptors (Lipinski definition) is 4. The molecule has 0 saturated carbocycles. The van der Waals surface area contributed by atoms with E-state index in [2.05, 4.69) is 20.5 Å². The number of rotatable bonds is 4. The lowest BCUT2D eigenvalue weighted by molar-refractivity contribution is 0.540. The maximum absolute atomic E-state index is 12.8. The van der Waals surface area contributed by atoms with Gasteiger partial charge >= 0.3 is 0 Å². The van der Waals surface area contributed by atoms with Crippen molar-refractivity contribution in [3.63, 3.8) is 0 Å². The Labute approximate surface area is 115 Å². The first-order valence-corrected chi connectivity index (χ1v) is 6.37.